The number of hydrogen-bond acceptors (Lipinski definition) is 8. The predicted molar refractivity (Wildman–Crippen MR) is 94.8 cm³/mol. The fourth-order valence-corrected chi connectivity index (χ4v) is 2.78. The van der Waals surface area contributed by atoms with Gasteiger partial charge in [0.2, 0.25) is 0 Å². The summed E-state index contributed by atoms with van der Waals surface area (Å²) in [5.41, 5.74) is 1.70. The quantitative estimate of drug-likeness (QED) is 0.402. The molecule has 150 valence electrons. The average Bonchev–Trinajstić information content (AvgIpc) is 2.95. The number of hydrogen-bond donors (Lipinski definition) is 3. The molecule has 2 rings (SSSR count). The highest BCUT2D eigenvalue weighted by molar-refractivity contribution is 5.66. The number of rotatable bonds is 5. The van der Waals surface area contributed by atoms with Crippen molar-refractivity contribution in [2.75, 3.05) is 13.7 Å². The smallest absolute Gasteiger partial charge is 0.497 e. The van der Waals surface area contributed by atoms with Gasteiger partial charge in [0.1, 0.15) is 11.4 Å². The number of carbonyl (C=O) groups excluding carboxylic acids is 2. The molecule has 0 unspecified atom stereocenters. The Bertz CT molecular complexity index is 642. The minimum atomic E-state index is -1.03. The van der Waals surface area contributed by atoms with Crippen LogP contribution in [-0.4, -0.2) is 55.0 Å². The second-order valence-electron chi connectivity index (χ2n) is 7.17. The van der Waals surface area contributed by atoms with Gasteiger partial charge in [0.25, 0.3) is 0 Å². The zero-order valence-corrected chi connectivity index (χ0v) is 15.9. The van der Waals surface area contributed by atoms with Gasteiger partial charge in [-0.3, -0.25) is 5.21 Å². The Hall–Kier alpha value is -2.52. The molecule has 9 nitrogen and oxygen atoms in total. The number of benzene rings is 1. The maximum Gasteiger partial charge on any atom is 0.509 e. The lowest BCUT2D eigenvalue weighted by Crippen LogP contribution is -2.42. The summed E-state index contributed by atoms with van der Waals surface area (Å²) in [5.74, 6) is 0.733. The summed E-state index contributed by atoms with van der Waals surface area (Å²) < 4.78 is 20.8. The minimum absolute atomic E-state index is 0.281. The number of nitrogens with one attached hydrogen (secondary N) is 2. The SMILES string of the molecule is COc1ccc(C[C@H]2NC[C@H](OC(=O)OC(C)(C)C)[C@H]2OC(=O)NO)cc1. The molecule has 1 aromatic carbocycles. The van der Waals surface area contributed by atoms with Crippen LogP contribution in [-0.2, 0) is 20.6 Å². The summed E-state index contributed by atoms with van der Waals surface area (Å²) >= 11 is 0. The normalized spacial score (nSPS) is 22.0. The number of methoxy groups -OCH3 is 1. The Balaban J connectivity index is 2.06. The molecule has 3 atom stereocenters. The Kier molecular flexibility index (Phi) is 6.86. The first-order valence-electron chi connectivity index (χ1n) is 8.58. The van der Waals surface area contributed by atoms with Crippen LogP contribution in [0.25, 0.3) is 0 Å². The zero-order valence-electron chi connectivity index (χ0n) is 15.9. The van der Waals surface area contributed by atoms with E-state index in [4.69, 9.17) is 24.2 Å². The van der Waals surface area contributed by atoms with Crippen LogP contribution in [0, 0.1) is 0 Å². The molecule has 1 aromatic rings. The maximum atomic E-state index is 12.0. The molecule has 1 aliphatic rings. The molecule has 1 saturated heterocycles. The molecule has 0 bridgehead atoms. The molecule has 1 fully saturated rings. The van der Waals surface area contributed by atoms with Crippen molar-refractivity contribution in [3.05, 3.63) is 29.8 Å². The van der Waals surface area contributed by atoms with Gasteiger partial charge in [-0.05, 0) is 44.9 Å². The van der Waals surface area contributed by atoms with Crippen molar-refractivity contribution >= 4 is 12.2 Å². The van der Waals surface area contributed by atoms with Crippen molar-refractivity contribution in [3.63, 3.8) is 0 Å². The third kappa shape index (κ3) is 6.30. The van der Waals surface area contributed by atoms with Crippen LogP contribution in [0.5, 0.6) is 5.75 Å². The molecular weight excluding hydrogens is 356 g/mol. The fraction of sp³-hybridized carbons (Fsp3) is 0.556. The summed E-state index contributed by atoms with van der Waals surface area (Å²) in [6.07, 6.45) is -2.91. The van der Waals surface area contributed by atoms with Gasteiger partial charge in [-0.25, -0.2) is 15.1 Å². The molecule has 1 aliphatic heterocycles. The highest BCUT2D eigenvalue weighted by Gasteiger charge is 2.42. The van der Waals surface area contributed by atoms with E-state index in [1.54, 1.807) is 27.9 Å². The minimum Gasteiger partial charge on any atom is -0.497 e. The highest BCUT2D eigenvalue weighted by atomic mass is 16.7. The van der Waals surface area contributed by atoms with Gasteiger partial charge < -0.3 is 24.3 Å². The van der Waals surface area contributed by atoms with Crippen LogP contribution in [0.4, 0.5) is 9.59 Å². The number of amides is 1. The first-order chi connectivity index (χ1) is 12.7. The van der Waals surface area contributed by atoms with Crippen LogP contribution in [0.2, 0.25) is 0 Å². The number of hydroxylamine groups is 1. The Morgan fingerprint density at radius 1 is 1.22 bits per heavy atom. The maximum absolute atomic E-state index is 12.0. The van der Waals surface area contributed by atoms with E-state index >= 15 is 0 Å². The van der Waals surface area contributed by atoms with Crippen LogP contribution in [0.15, 0.2) is 24.3 Å². The monoisotopic (exact) mass is 382 g/mol. The van der Waals surface area contributed by atoms with Crippen LogP contribution >= 0.6 is 0 Å². The summed E-state index contributed by atoms with van der Waals surface area (Å²) in [5, 5.41) is 11.9. The lowest BCUT2D eigenvalue weighted by atomic mass is 10.0. The fourth-order valence-electron chi connectivity index (χ4n) is 2.78. The van der Waals surface area contributed by atoms with Crippen molar-refractivity contribution in [1.29, 1.82) is 0 Å². The summed E-state index contributed by atoms with van der Waals surface area (Å²) in [4.78, 5) is 23.5. The first kappa shape index (κ1) is 20.8. The van der Waals surface area contributed by atoms with Gasteiger partial charge >= 0.3 is 12.2 Å². The van der Waals surface area contributed by atoms with E-state index in [0.29, 0.717) is 6.42 Å². The molecule has 9 heteroatoms. The van der Waals surface area contributed by atoms with Crippen LogP contribution in [0.1, 0.15) is 26.3 Å². The van der Waals surface area contributed by atoms with Crippen molar-refractivity contribution in [3.8, 4) is 5.75 Å². The topological polar surface area (TPSA) is 115 Å². The molecule has 3 N–H and O–H groups in total. The van der Waals surface area contributed by atoms with Gasteiger partial charge in [0, 0.05) is 6.54 Å². The predicted octanol–water partition coefficient (Wildman–Crippen LogP) is 2.01. The van der Waals surface area contributed by atoms with Crippen LogP contribution < -0.4 is 15.5 Å². The molecule has 0 aliphatic carbocycles. The molecule has 27 heavy (non-hydrogen) atoms. The van der Waals surface area contributed by atoms with E-state index in [-0.39, 0.29) is 12.6 Å². The highest BCUT2D eigenvalue weighted by Crippen LogP contribution is 2.22. The molecule has 0 saturated carbocycles. The molecule has 1 amide bonds. The van der Waals surface area contributed by atoms with E-state index in [9.17, 15) is 9.59 Å². The summed E-state index contributed by atoms with van der Waals surface area (Å²) in [6, 6.07) is 7.13. The summed E-state index contributed by atoms with van der Waals surface area (Å²) in [7, 11) is 1.59. The zero-order chi connectivity index (χ0) is 20.0. The van der Waals surface area contributed by atoms with E-state index in [1.165, 1.54) is 5.48 Å². The van der Waals surface area contributed by atoms with Gasteiger partial charge in [-0.15, -0.1) is 0 Å². The number of carbonyl (C=O) groups is 2. The van der Waals surface area contributed by atoms with Gasteiger partial charge in [-0.2, -0.15) is 0 Å². The van der Waals surface area contributed by atoms with E-state index in [2.05, 4.69) is 5.32 Å². The Morgan fingerprint density at radius 2 is 1.89 bits per heavy atom. The lowest BCUT2D eigenvalue weighted by molar-refractivity contribution is -0.0552. The Morgan fingerprint density at radius 3 is 2.44 bits per heavy atom. The first-order valence-corrected chi connectivity index (χ1v) is 8.58. The third-order valence-electron chi connectivity index (χ3n) is 3.93. The average molecular weight is 382 g/mol. The van der Waals surface area contributed by atoms with Crippen molar-refractivity contribution in [2.24, 2.45) is 0 Å². The second-order valence-corrected chi connectivity index (χ2v) is 7.17. The second kappa shape index (κ2) is 8.92. The molecule has 0 aromatic heterocycles. The molecule has 0 radical (unpaired) electrons. The van der Waals surface area contributed by atoms with Gasteiger partial charge in [0.15, 0.2) is 12.2 Å². The van der Waals surface area contributed by atoms with Crippen molar-refractivity contribution < 1.29 is 33.7 Å². The summed E-state index contributed by atoms with van der Waals surface area (Å²) in [6.45, 7) is 5.45. The van der Waals surface area contributed by atoms with Gasteiger partial charge in [0.05, 0.1) is 13.2 Å². The third-order valence-corrected chi connectivity index (χ3v) is 3.93. The molecule has 1 heterocycles. The van der Waals surface area contributed by atoms with E-state index in [0.717, 1.165) is 11.3 Å². The number of ether oxygens (including phenoxy) is 4. The molecular formula is C18H26N2O7. The standard InChI is InChI=1S/C18H26N2O7/c1-18(2,3)27-17(22)25-14-10-19-13(15(14)26-16(21)20-23)9-11-5-7-12(24-4)8-6-11/h5-8,13-15,19,23H,9-10H2,1-4H3,(H,20,21)/t13-,14+,15+/m1/s1. The lowest BCUT2D eigenvalue weighted by Gasteiger charge is -2.25. The Labute approximate surface area is 157 Å². The van der Waals surface area contributed by atoms with Crippen LogP contribution in [0.3, 0.4) is 0 Å². The van der Waals surface area contributed by atoms with Crippen molar-refractivity contribution in [1.82, 2.24) is 10.8 Å². The van der Waals surface area contributed by atoms with E-state index in [1.807, 2.05) is 24.3 Å². The van der Waals surface area contributed by atoms with Gasteiger partial charge in [-0.1, -0.05) is 12.1 Å². The molecule has 0 spiro atoms. The largest absolute Gasteiger partial charge is 0.509 e. The van der Waals surface area contributed by atoms with Crippen molar-refractivity contribution in [2.45, 2.75) is 51.0 Å². The van der Waals surface area contributed by atoms with E-state index < -0.39 is 30.1 Å².